The molecule has 0 fully saturated rings. The highest BCUT2D eigenvalue weighted by Gasteiger charge is 2.13. The number of aryl methyl sites for hydroxylation is 1. The summed E-state index contributed by atoms with van der Waals surface area (Å²) < 4.78 is 11.2. The van der Waals surface area contributed by atoms with Gasteiger partial charge in [0, 0.05) is 23.4 Å². The lowest BCUT2D eigenvalue weighted by Gasteiger charge is -2.12. The van der Waals surface area contributed by atoms with Crippen LogP contribution in [-0.2, 0) is 6.42 Å². The van der Waals surface area contributed by atoms with Crippen molar-refractivity contribution < 1.29 is 9.15 Å². The minimum absolute atomic E-state index is 0.0811. The summed E-state index contributed by atoms with van der Waals surface area (Å²) in [5.41, 5.74) is 3.07. The van der Waals surface area contributed by atoms with E-state index < -0.39 is 0 Å². The van der Waals surface area contributed by atoms with Crippen LogP contribution in [-0.4, -0.2) is 6.10 Å². The van der Waals surface area contributed by atoms with Crippen molar-refractivity contribution in [3.63, 3.8) is 0 Å². The van der Waals surface area contributed by atoms with Gasteiger partial charge in [-0.1, -0.05) is 30.3 Å². The Hall–Kier alpha value is -2.55. The van der Waals surface area contributed by atoms with Crippen molar-refractivity contribution in [2.24, 2.45) is 0 Å². The fourth-order valence-corrected chi connectivity index (χ4v) is 2.72. The van der Waals surface area contributed by atoms with Gasteiger partial charge in [0.25, 0.3) is 0 Å². The Labute approximate surface area is 135 Å². The molecule has 3 heteroatoms. The normalized spacial score (nSPS) is 11.1. The molecule has 23 heavy (non-hydrogen) atoms. The molecule has 0 spiro atoms. The molecule has 2 aromatic carbocycles. The molecule has 0 unspecified atom stereocenters. The van der Waals surface area contributed by atoms with Gasteiger partial charge >= 0.3 is 5.63 Å². The Kier molecular flexibility index (Phi) is 4.20. The molecule has 1 aromatic heterocycles. The Morgan fingerprint density at radius 1 is 1.09 bits per heavy atom. The molecule has 3 aromatic rings. The minimum atomic E-state index is -0.277. The van der Waals surface area contributed by atoms with Crippen LogP contribution < -0.4 is 10.4 Å². The fourth-order valence-electron chi connectivity index (χ4n) is 2.72. The molecule has 1 heterocycles. The maximum absolute atomic E-state index is 12.4. The van der Waals surface area contributed by atoms with Crippen molar-refractivity contribution in [3.05, 3.63) is 75.6 Å². The van der Waals surface area contributed by atoms with E-state index in [4.69, 9.17) is 9.15 Å². The van der Waals surface area contributed by atoms with Crippen LogP contribution in [0.1, 0.15) is 30.5 Å². The molecule has 118 valence electrons. The number of ether oxygens (including phenoxy) is 1. The monoisotopic (exact) mass is 308 g/mol. The molecule has 0 radical (unpaired) electrons. The van der Waals surface area contributed by atoms with Crippen molar-refractivity contribution in [2.45, 2.75) is 33.3 Å². The Bertz CT molecular complexity index is 877. The van der Waals surface area contributed by atoms with Gasteiger partial charge in [-0.3, -0.25) is 0 Å². The topological polar surface area (TPSA) is 39.4 Å². The van der Waals surface area contributed by atoms with Crippen LogP contribution in [0.5, 0.6) is 5.75 Å². The zero-order valence-corrected chi connectivity index (χ0v) is 13.6. The van der Waals surface area contributed by atoms with Crippen LogP contribution in [0.3, 0.4) is 0 Å². The Morgan fingerprint density at radius 2 is 1.83 bits per heavy atom. The van der Waals surface area contributed by atoms with Gasteiger partial charge < -0.3 is 9.15 Å². The lowest BCUT2D eigenvalue weighted by molar-refractivity contribution is 0.242. The third kappa shape index (κ3) is 3.29. The molecular formula is C20H20O3. The van der Waals surface area contributed by atoms with Gasteiger partial charge in [0.05, 0.1) is 6.10 Å². The second-order valence-electron chi connectivity index (χ2n) is 5.98. The van der Waals surface area contributed by atoms with E-state index in [0.717, 1.165) is 16.5 Å². The van der Waals surface area contributed by atoms with Crippen molar-refractivity contribution in [3.8, 4) is 5.75 Å². The summed E-state index contributed by atoms with van der Waals surface area (Å²) in [5.74, 6) is 0.714. The van der Waals surface area contributed by atoms with Crippen molar-refractivity contribution in [2.75, 3.05) is 0 Å². The summed E-state index contributed by atoms with van der Waals surface area (Å²) in [5, 5.41) is 0.951. The van der Waals surface area contributed by atoms with Crippen molar-refractivity contribution in [1.82, 2.24) is 0 Å². The molecule has 0 aliphatic carbocycles. The molecule has 0 aliphatic rings. The second kappa shape index (κ2) is 6.29. The van der Waals surface area contributed by atoms with Gasteiger partial charge in [0.2, 0.25) is 0 Å². The standard InChI is InChI=1S/C20H20O3/c1-13(2)22-16-9-10-17-14(3)18(20(21)23-19(17)12-16)11-15-7-5-4-6-8-15/h4-10,12-13H,11H2,1-3H3. The number of fused-ring (bicyclic) bond motifs is 1. The summed E-state index contributed by atoms with van der Waals surface area (Å²) in [7, 11) is 0. The maximum Gasteiger partial charge on any atom is 0.340 e. The minimum Gasteiger partial charge on any atom is -0.491 e. The smallest absolute Gasteiger partial charge is 0.340 e. The largest absolute Gasteiger partial charge is 0.491 e. The van der Waals surface area contributed by atoms with Gasteiger partial charge in [-0.2, -0.15) is 0 Å². The zero-order valence-electron chi connectivity index (χ0n) is 13.6. The predicted octanol–water partition coefficient (Wildman–Crippen LogP) is 4.48. The first-order valence-electron chi connectivity index (χ1n) is 7.81. The number of hydrogen-bond acceptors (Lipinski definition) is 3. The number of rotatable bonds is 4. The van der Waals surface area contributed by atoms with E-state index in [1.807, 2.05) is 63.2 Å². The van der Waals surface area contributed by atoms with Crippen LogP contribution >= 0.6 is 0 Å². The van der Waals surface area contributed by atoms with Crippen LogP contribution in [0.25, 0.3) is 11.0 Å². The molecule has 0 N–H and O–H groups in total. The van der Waals surface area contributed by atoms with E-state index in [0.29, 0.717) is 23.3 Å². The third-order valence-electron chi connectivity index (χ3n) is 3.85. The fraction of sp³-hybridized carbons (Fsp3) is 0.250. The summed E-state index contributed by atoms with van der Waals surface area (Å²) in [6.07, 6.45) is 0.660. The van der Waals surface area contributed by atoms with Crippen molar-refractivity contribution in [1.29, 1.82) is 0 Å². The SMILES string of the molecule is Cc1c(Cc2ccccc2)c(=O)oc2cc(OC(C)C)ccc12. The Balaban J connectivity index is 2.06. The molecular weight excluding hydrogens is 288 g/mol. The highest BCUT2D eigenvalue weighted by atomic mass is 16.5. The van der Waals surface area contributed by atoms with E-state index >= 15 is 0 Å². The van der Waals surface area contributed by atoms with Crippen LogP contribution in [0.4, 0.5) is 0 Å². The molecule has 0 aliphatic heterocycles. The van der Waals surface area contributed by atoms with Gasteiger partial charge in [0.15, 0.2) is 0 Å². The van der Waals surface area contributed by atoms with Gasteiger partial charge in [-0.05, 0) is 44.0 Å². The summed E-state index contributed by atoms with van der Waals surface area (Å²) in [6, 6.07) is 15.6. The number of benzene rings is 2. The van der Waals surface area contributed by atoms with E-state index in [2.05, 4.69) is 0 Å². The zero-order chi connectivity index (χ0) is 16.4. The molecule has 0 saturated heterocycles. The van der Waals surface area contributed by atoms with E-state index in [1.165, 1.54) is 0 Å². The first kappa shape index (κ1) is 15.3. The van der Waals surface area contributed by atoms with Crippen molar-refractivity contribution >= 4 is 11.0 Å². The third-order valence-corrected chi connectivity index (χ3v) is 3.85. The molecule has 0 atom stereocenters. The van der Waals surface area contributed by atoms with Gasteiger partial charge in [-0.15, -0.1) is 0 Å². The quantitative estimate of drug-likeness (QED) is 0.667. The van der Waals surface area contributed by atoms with E-state index in [9.17, 15) is 4.79 Å². The summed E-state index contributed by atoms with van der Waals surface area (Å²) in [4.78, 5) is 12.4. The van der Waals surface area contributed by atoms with E-state index in [-0.39, 0.29) is 11.7 Å². The first-order valence-corrected chi connectivity index (χ1v) is 7.81. The Morgan fingerprint density at radius 3 is 2.52 bits per heavy atom. The van der Waals surface area contributed by atoms with E-state index in [1.54, 1.807) is 6.07 Å². The van der Waals surface area contributed by atoms with Gasteiger partial charge in [-0.25, -0.2) is 4.79 Å². The van der Waals surface area contributed by atoms with Crippen LogP contribution in [0.15, 0.2) is 57.7 Å². The highest BCUT2D eigenvalue weighted by Crippen LogP contribution is 2.25. The molecule has 3 nitrogen and oxygen atoms in total. The molecule has 3 rings (SSSR count). The average Bonchev–Trinajstić information content (AvgIpc) is 2.51. The lowest BCUT2D eigenvalue weighted by Crippen LogP contribution is -2.11. The molecule has 0 bridgehead atoms. The lowest BCUT2D eigenvalue weighted by atomic mass is 10.00. The predicted molar refractivity (Wildman–Crippen MR) is 92.2 cm³/mol. The van der Waals surface area contributed by atoms with Crippen LogP contribution in [0.2, 0.25) is 0 Å². The average molecular weight is 308 g/mol. The maximum atomic E-state index is 12.4. The summed E-state index contributed by atoms with van der Waals surface area (Å²) >= 11 is 0. The molecule has 0 amide bonds. The second-order valence-corrected chi connectivity index (χ2v) is 5.98. The van der Waals surface area contributed by atoms with Gasteiger partial charge in [0.1, 0.15) is 11.3 Å². The highest BCUT2D eigenvalue weighted by molar-refractivity contribution is 5.82. The molecule has 0 saturated carbocycles. The number of hydrogen-bond donors (Lipinski definition) is 0. The first-order chi connectivity index (χ1) is 11.0. The van der Waals surface area contributed by atoms with Crippen LogP contribution in [0, 0.1) is 6.92 Å². The summed E-state index contributed by atoms with van der Waals surface area (Å²) in [6.45, 7) is 5.91.